The first-order valence-electron chi connectivity index (χ1n) is 7.38. The lowest BCUT2D eigenvalue weighted by atomic mass is 10.1. The molecule has 1 N–H and O–H groups in total. The molecule has 1 aliphatic rings. The number of halogens is 2. The molecular formula is C17H15F2NO2S. The van der Waals surface area contributed by atoms with Crippen LogP contribution >= 0.6 is 11.3 Å². The number of benzene rings is 1. The molecule has 0 saturated heterocycles. The second-order valence-corrected chi connectivity index (χ2v) is 6.47. The van der Waals surface area contributed by atoms with Gasteiger partial charge in [0.05, 0.1) is 10.9 Å². The van der Waals surface area contributed by atoms with Gasteiger partial charge in [0.2, 0.25) is 5.91 Å². The first kappa shape index (κ1) is 15.8. The molecule has 1 unspecified atom stereocenters. The smallest absolute Gasteiger partial charge is 0.220 e. The summed E-state index contributed by atoms with van der Waals surface area (Å²) in [6, 6.07) is 5.55. The Morgan fingerprint density at radius 2 is 2.00 bits per heavy atom. The summed E-state index contributed by atoms with van der Waals surface area (Å²) < 4.78 is 26.6. The van der Waals surface area contributed by atoms with Gasteiger partial charge in [-0.25, -0.2) is 8.78 Å². The van der Waals surface area contributed by atoms with E-state index in [0.29, 0.717) is 23.3 Å². The molecule has 120 valence electrons. The van der Waals surface area contributed by atoms with Crippen LogP contribution in [0.3, 0.4) is 0 Å². The Labute approximate surface area is 136 Å². The van der Waals surface area contributed by atoms with Crippen molar-refractivity contribution in [2.24, 2.45) is 0 Å². The van der Waals surface area contributed by atoms with E-state index >= 15 is 0 Å². The van der Waals surface area contributed by atoms with Gasteiger partial charge in [0.1, 0.15) is 0 Å². The minimum Gasteiger partial charge on any atom is -0.349 e. The molecule has 0 saturated carbocycles. The normalized spacial score (nSPS) is 16.2. The highest BCUT2D eigenvalue weighted by Crippen LogP contribution is 2.32. The van der Waals surface area contributed by atoms with Crippen molar-refractivity contribution in [3.63, 3.8) is 0 Å². The lowest BCUT2D eigenvalue weighted by molar-refractivity contribution is -0.121. The molecule has 3 rings (SSSR count). The summed E-state index contributed by atoms with van der Waals surface area (Å²) in [6.45, 7) is 0. The fourth-order valence-electron chi connectivity index (χ4n) is 2.80. The van der Waals surface area contributed by atoms with Crippen LogP contribution in [0.4, 0.5) is 8.78 Å². The van der Waals surface area contributed by atoms with Gasteiger partial charge in [0.15, 0.2) is 17.4 Å². The van der Waals surface area contributed by atoms with Crippen LogP contribution in [0.15, 0.2) is 29.6 Å². The zero-order valence-electron chi connectivity index (χ0n) is 12.3. The molecule has 1 aromatic carbocycles. The monoisotopic (exact) mass is 335 g/mol. The van der Waals surface area contributed by atoms with E-state index in [1.54, 1.807) is 12.1 Å². The van der Waals surface area contributed by atoms with Crippen LogP contribution in [0.1, 0.15) is 46.1 Å². The van der Waals surface area contributed by atoms with E-state index < -0.39 is 11.6 Å². The Bertz CT molecular complexity index is 743. The number of nitrogens with one attached hydrogen (secondary N) is 1. The highest BCUT2D eigenvalue weighted by molar-refractivity contribution is 7.12. The largest absolute Gasteiger partial charge is 0.349 e. The van der Waals surface area contributed by atoms with Crippen LogP contribution in [0.25, 0.3) is 0 Å². The lowest BCUT2D eigenvalue weighted by Gasteiger charge is -2.14. The topological polar surface area (TPSA) is 46.2 Å². The van der Waals surface area contributed by atoms with Gasteiger partial charge in [-0.05, 0) is 47.5 Å². The van der Waals surface area contributed by atoms with Gasteiger partial charge in [-0.1, -0.05) is 6.07 Å². The lowest BCUT2D eigenvalue weighted by Crippen LogP contribution is -2.27. The van der Waals surface area contributed by atoms with Gasteiger partial charge >= 0.3 is 0 Å². The highest BCUT2D eigenvalue weighted by Gasteiger charge is 2.26. The zero-order valence-corrected chi connectivity index (χ0v) is 13.1. The average Bonchev–Trinajstić information content (AvgIpc) is 3.17. The maximum absolute atomic E-state index is 13.4. The molecule has 0 fully saturated rings. The predicted octanol–water partition coefficient (Wildman–Crippen LogP) is 3.79. The minimum atomic E-state index is -0.905. The molecule has 6 heteroatoms. The Hall–Kier alpha value is -2.08. The number of carbonyl (C=O) groups excluding carboxylic acids is 2. The van der Waals surface area contributed by atoms with Crippen molar-refractivity contribution in [2.45, 2.75) is 31.7 Å². The van der Waals surface area contributed by atoms with Gasteiger partial charge < -0.3 is 5.32 Å². The zero-order chi connectivity index (χ0) is 16.4. The fourth-order valence-corrected chi connectivity index (χ4v) is 3.50. The number of hydrogen-bond donors (Lipinski definition) is 1. The molecule has 1 heterocycles. The number of ketones is 1. The summed E-state index contributed by atoms with van der Waals surface area (Å²) in [5.41, 5.74) is 1.35. The van der Waals surface area contributed by atoms with E-state index in [9.17, 15) is 18.4 Å². The number of amides is 1. The molecule has 1 amide bonds. The van der Waals surface area contributed by atoms with Gasteiger partial charge in [0.25, 0.3) is 0 Å². The molecule has 1 aromatic heterocycles. The first-order valence-corrected chi connectivity index (χ1v) is 8.26. The Morgan fingerprint density at radius 1 is 1.22 bits per heavy atom. The first-order chi connectivity index (χ1) is 11.0. The van der Waals surface area contributed by atoms with Crippen LogP contribution in [0, 0.1) is 11.6 Å². The van der Waals surface area contributed by atoms with Crippen molar-refractivity contribution in [3.05, 3.63) is 57.3 Å². The van der Waals surface area contributed by atoms with Gasteiger partial charge in [-0.2, -0.15) is 0 Å². The standard InChI is InChI=1S/C17H15F2NO2S/c18-12-8-10-3-4-14(11(10)9-13(12)19)20-17(22)6-5-15(21)16-2-1-7-23-16/h1-2,7-9,14H,3-6H2,(H,20,22). The number of carbonyl (C=O) groups is 2. The van der Waals surface area contributed by atoms with Crippen molar-refractivity contribution < 1.29 is 18.4 Å². The third kappa shape index (κ3) is 3.47. The number of rotatable bonds is 5. The molecular weight excluding hydrogens is 320 g/mol. The maximum atomic E-state index is 13.4. The van der Waals surface area contributed by atoms with E-state index in [-0.39, 0.29) is 30.6 Å². The Balaban J connectivity index is 1.58. The van der Waals surface area contributed by atoms with Crippen LogP contribution in [-0.4, -0.2) is 11.7 Å². The SMILES string of the molecule is O=C(CCC(=O)c1cccs1)NC1CCc2cc(F)c(F)cc21. The Morgan fingerprint density at radius 3 is 2.74 bits per heavy atom. The quantitative estimate of drug-likeness (QED) is 0.845. The highest BCUT2D eigenvalue weighted by atomic mass is 32.1. The second-order valence-electron chi connectivity index (χ2n) is 5.52. The van der Waals surface area contributed by atoms with E-state index in [1.165, 1.54) is 17.4 Å². The summed E-state index contributed by atoms with van der Waals surface area (Å²) in [5.74, 6) is -2.08. The van der Waals surface area contributed by atoms with Crippen molar-refractivity contribution in [1.29, 1.82) is 0 Å². The second kappa shape index (κ2) is 6.58. The molecule has 0 spiro atoms. The minimum absolute atomic E-state index is 0.0601. The predicted molar refractivity (Wildman–Crippen MR) is 83.4 cm³/mol. The maximum Gasteiger partial charge on any atom is 0.220 e. The summed E-state index contributed by atoms with van der Waals surface area (Å²) >= 11 is 1.35. The number of thiophene rings is 1. The molecule has 1 atom stereocenters. The summed E-state index contributed by atoms with van der Waals surface area (Å²) in [4.78, 5) is 24.5. The molecule has 0 aliphatic heterocycles. The summed E-state index contributed by atoms with van der Waals surface area (Å²) in [7, 11) is 0. The van der Waals surface area contributed by atoms with Crippen molar-refractivity contribution >= 4 is 23.0 Å². The van der Waals surface area contributed by atoms with Crippen molar-refractivity contribution in [1.82, 2.24) is 5.32 Å². The third-order valence-electron chi connectivity index (χ3n) is 3.97. The molecule has 23 heavy (non-hydrogen) atoms. The van der Waals surface area contributed by atoms with Gasteiger partial charge in [-0.15, -0.1) is 11.3 Å². The van der Waals surface area contributed by atoms with Crippen LogP contribution in [-0.2, 0) is 11.2 Å². The number of aryl methyl sites for hydroxylation is 1. The molecule has 0 radical (unpaired) electrons. The summed E-state index contributed by atoms with van der Waals surface area (Å²) in [5, 5.41) is 4.62. The van der Waals surface area contributed by atoms with Crippen LogP contribution in [0.5, 0.6) is 0 Å². The van der Waals surface area contributed by atoms with Crippen LogP contribution < -0.4 is 5.32 Å². The number of hydrogen-bond acceptors (Lipinski definition) is 3. The van der Waals surface area contributed by atoms with E-state index in [2.05, 4.69) is 5.32 Å². The number of fused-ring (bicyclic) bond motifs is 1. The van der Waals surface area contributed by atoms with Gasteiger partial charge in [0, 0.05) is 12.8 Å². The molecule has 0 bridgehead atoms. The fraction of sp³-hybridized carbons (Fsp3) is 0.294. The average molecular weight is 335 g/mol. The van der Waals surface area contributed by atoms with E-state index in [0.717, 1.165) is 11.6 Å². The number of Topliss-reactive ketones (excluding diaryl/α,β-unsaturated/α-hetero) is 1. The summed E-state index contributed by atoms with van der Waals surface area (Å²) in [6.07, 6.45) is 1.45. The molecule has 1 aliphatic carbocycles. The molecule has 2 aromatic rings. The van der Waals surface area contributed by atoms with Crippen molar-refractivity contribution in [2.75, 3.05) is 0 Å². The van der Waals surface area contributed by atoms with E-state index in [4.69, 9.17) is 0 Å². The van der Waals surface area contributed by atoms with Gasteiger partial charge in [-0.3, -0.25) is 9.59 Å². The van der Waals surface area contributed by atoms with Crippen LogP contribution in [0.2, 0.25) is 0 Å². The molecule has 3 nitrogen and oxygen atoms in total. The van der Waals surface area contributed by atoms with Crippen molar-refractivity contribution in [3.8, 4) is 0 Å². The van der Waals surface area contributed by atoms with E-state index in [1.807, 2.05) is 5.38 Å². The Kier molecular flexibility index (Phi) is 4.52. The third-order valence-corrected chi connectivity index (χ3v) is 4.88.